The number of carbonyl (C=O) groups is 3. The molecule has 0 aromatic rings. The van der Waals surface area contributed by atoms with Crippen molar-refractivity contribution in [3.63, 3.8) is 0 Å². The zero-order valence-corrected chi connectivity index (χ0v) is 21.0. The number of ether oxygens (including phenoxy) is 4. The van der Waals surface area contributed by atoms with Crippen LogP contribution >= 0.6 is 0 Å². The number of hydrogen-bond acceptors (Lipinski definition) is 9. The highest BCUT2D eigenvalue weighted by atomic mass is 16.7. The normalized spacial score (nSPS) is 46.9. The number of fused-ring (bicyclic) bond motifs is 4. The lowest BCUT2D eigenvalue weighted by molar-refractivity contribution is -0.328. The van der Waals surface area contributed by atoms with Crippen LogP contribution in [-0.4, -0.2) is 64.4 Å². The van der Waals surface area contributed by atoms with Gasteiger partial charge in [-0.1, -0.05) is 20.8 Å². The molecule has 0 spiro atoms. The topological polar surface area (TPSA) is 129 Å². The minimum atomic E-state index is -1.50. The molecule has 0 bridgehead atoms. The lowest BCUT2D eigenvalue weighted by atomic mass is 9.39. The monoisotopic (exact) mass is 480 g/mol. The van der Waals surface area contributed by atoms with Gasteiger partial charge in [-0.3, -0.25) is 9.59 Å². The summed E-state index contributed by atoms with van der Waals surface area (Å²) in [4.78, 5) is 36.6. The summed E-state index contributed by atoms with van der Waals surface area (Å²) in [6, 6.07) is 0. The van der Waals surface area contributed by atoms with Crippen molar-refractivity contribution in [1.82, 2.24) is 0 Å². The quantitative estimate of drug-likeness (QED) is 0.460. The van der Waals surface area contributed by atoms with Crippen LogP contribution in [0.1, 0.15) is 67.2 Å². The molecule has 0 saturated heterocycles. The first-order valence-corrected chi connectivity index (χ1v) is 11.9. The summed E-state index contributed by atoms with van der Waals surface area (Å²) in [7, 11) is 1.41. The molecule has 0 aromatic carbocycles. The number of esters is 3. The zero-order chi connectivity index (χ0) is 25.5. The van der Waals surface area contributed by atoms with E-state index in [0.717, 1.165) is 0 Å². The second-order valence-corrected chi connectivity index (χ2v) is 11.4. The van der Waals surface area contributed by atoms with Crippen LogP contribution in [0.4, 0.5) is 0 Å². The third-order valence-corrected chi connectivity index (χ3v) is 9.36. The van der Waals surface area contributed by atoms with Crippen molar-refractivity contribution in [1.29, 1.82) is 0 Å². The van der Waals surface area contributed by atoms with Crippen LogP contribution in [0.15, 0.2) is 11.6 Å². The molecule has 1 heterocycles. The number of methoxy groups -OCH3 is 1. The van der Waals surface area contributed by atoms with Gasteiger partial charge in [0.1, 0.15) is 12.2 Å². The van der Waals surface area contributed by atoms with Gasteiger partial charge in [0.15, 0.2) is 0 Å². The Morgan fingerprint density at radius 3 is 2.21 bits per heavy atom. The standard InChI is InChI=1S/C25H36O9/c1-13(26)32-17-12-21(3,4)25(30)9-8-15-16(22(25,5)20(17)33-14(2)27)11-24(31-7)18(23(15,6)29)10-19(28)34-24/h10,15-17,20,29-30H,8-9,11-12H2,1-7H3. The Morgan fingerprint density at radius 1 is 1.03 bits per heavy atom. The average Bonchev–Trinajstić information content (AvgIpc) is 3.05. The molecule has 4 rings (SSSR count). The fraction of sp³-hybridized carbons (Fsp3) is 0.800. The molecular formula is C25H36O9. The van der Waals surface area contributed by atoms with E-state index < -0.39 is 69.8 Å². The van der Waals surface area contributed by atoms with Gasteiger partial charge in [0.05, 0.1) is 11.2 Å². The highest BCUT2D eigenvalue weighted by Gasteiger charge is 2.76. The molecule has 4 aliphatic rings. The van der Waals surface area contributed by atoms with Crippen LogP contribution in [0, 0.1) is 22.7 Å². The Balaban J connectivity index is 1.93. The van der Waals surface area contributed by atoms with Crippen molar-refractivity contribution in [3.05, 3.63) is 11.6 Å². The summed E-state index contributed by atoms with van der Waals surface area (Å²) in [5.74, 6) is -4.09. The van der Waals surface area contributed by atoms with Gasteiger partial charge < -0.3 is 29.2 Å². The van der Waals surface area contributed by atoms with E-state index in [-0.39, 0.29) is 6.42 Å². The predicted octanol–water partition coefficient (Wildman–Crippen LogP) is 2.02. The van der Waals surface area contributed by atoms with Gasteiger partial charge in [0.2, 0.25) is 5.79 Å². The van der Waals surface area contributed by atoms with Crippen molar-refractivity contribution in [2.45, 2.75) is 96.4 Å². The van der Waals surface area contributed by atoms with E-state index in [9.17, 15) is 24.6 Å². The number of rotatable bonds is 3. The van der Waals surface area contributed by atoms with E-state index in [1.54, 1.807) is 6.92 Å². The van der Waals surface area contributed by atoms with Gasteiger partial charge in [-0.25, -0.2) is 4.79 Å². The van der Waals surface area contributed by atoms with E-state index >= 15 is 0 Å². The summed E-state index contributed by atoms with van der Waals surface area (Å²) in [5.41, 5.74) is -4.35. The van der Waals surface area contributed by atoms with Gasteiger partial charge in [0, 0.05) is 44.4 Å². The highest BCUT2D eigenvalue weighted by Crippen LogP contribution is 2.70. The third kappa shape index (κ3) is 3.12. The molecule has 9 heteroatoms. The summed E-state index contributed by atoms with van der Waals surface area (Å²) in [5, 5.41) is 24.2. The first-order chi connectivity index (χ1) is 15.6. The molecule has 3 fully saturated rings. The fourth-order valence-corrected chi connectivity index (χ4v) is 7.84. The second-order valence-electron chi connectivity index (χ2n) is 11.4. The summed E-state index contributed by atoms with van der Waals surface area (Å²) < 4.78 is 22.8. The van der Waals surface area contributed by atoms with E-state index in [0.29, 0.717) is 24.8 Å². The molecule has 3 saturated carbocycles. The van der Waals surface area contributed by atoms with Crippen molar-refractivity contribution in [2.24, 2.45) is 22.7 Å². The van der Waals surface area contributed by atoms with E-state index in [2.05, 4.69) is 0 Å². The Bertz CT molecular complexity index is 952. The van der Waals surface area contributed by atoms with Gasteiger partial charge in [0.25, 0.3) is 0 Å². The molecule has 8 unspecified atom stereocenters. The third-order valence-electron chi connectivity index (χ3n) is 9.36. The largest absolute Gasteiger partial charge is 0.459 e. The summed E-state index contributed by atoms with van der Waals surface area (Å²) >= 11 is 0. The molecule has 9 nitrogen and oxygen atoms in total. The van der Waals surface area contributed by atoms with E-state index in [4.69, 9.17) is 18.9 Å². The molecule has 0 amide bonds. The number of aliphatic hydroxyl groups is 2. The highest BCUT2D eigenvalue weighted by molar-refractivity contribution is 5.87. The number of hydrogen-bond donors (Lipinski definition) is 2. The van der Waals surface area contributed by atoms with Crippen molar-refractivity contribution >= 4 is 17.9 Å². The van der Waals surface area contributed by atoms with E-state index in [1.165, 1.54) is 27.0 Å². The summed E-state index contributed by atoms with van der Waals surface area (Å²) in [6.45, 7) is 9.88. The average molecular weight is 481 g/mol. The Kier molecular flexibility index (Phi) is 5.55. The first kappa shape index (κ1) is 25.1. The minimum Gasteiger partial charge on any atom is -0.459 e. The maximum absolute atomic E-state index is 12.4. The van der Waals surface area contributed by atoms with Crippen LogP contribution in [0.5, 0.6) is 0 Å². The van der Waals surface area contributed by atoms with Crippen LogP contribution in [0.2, 0.25) is 0 Å². The Labute approximate surface area is 199 Å². The Hall–Kier alpha value is -1.97. The van der Waals surface area contributed by atoms with Crippen LogP contribution < -0.4 is 0 Å². The number of carbonyl (C=O) groups excluding carboxylic acids is 3. The predicted molar refractivity (Wildman–Crippen MR) is 118 cm³/mol. The zero-order valence-electron chi connectivity index (χ0n) is 21.0. The fourth-order valence-electron chi connectivity index (χ4n) is 7.84. The van der Waals surface area contributed by atoms with Gasteiger partial charge in [-0.15, -0.1) is 0 Å². The molecular weight excluding hydrogens is 444 g/mol. The van der Waals surface area contributed by atoms with Crippen molar-refractivity contribution in [3.8, 4) is 0 Å². The molecule has 3 aliphatic carbocycles. The SMILES string of the molecule is COC12CC3C(CCC4(O)C(C)(C)CC(OC(C)=O)C(OC(C)=O)C34C)C(C)(O)C1=CC(=O)O2. The second kappa shape index (κ2) is 7.51. The summed E-state index contributed by atoms with van der Waals surface area (Å²) in [6.07, 6.45) is 0.767. The van der Waals surface area contributed by atoms with Crippen LogP contribution in [-0.2, 0) is 33.3 Å². The van der Waals surface area contributed by atoms with Gasteiger partial charge in [-0.2, -0.15) is 0 Å². The first-order valence-electron chi connectivity index (χ1n) is 11.9. The van der Waals surface area contributed by atoms with Gasteiger partial charge in [-0.05, 0) is 43.4 Å². The van der Waals surface area contributed by atoms with Gasteiger partial charge >= 0.3 is 17.9 Å². The lowest BCUT2D eigenvalue weighted by Gasteiger charge is -2.70. The maximum atomic E-state index is 12.4. The molecule has 2 N–H and O–H groups in total. The molecule has 0 radical (unpaired) electrons. The van der Waals surface area contributed by atoms with Crippen molar-refractivity contribution in [2.75, 3.05) is 7.11 Å². The van der Waals surface area contributed by atoms with Crippen LogP contribution in [0.25, 0.3) is 0 Å². The maximum Gasteiger partial charge on any atom is 0.333 e. The van der Waals surface area contributed by atoms with E-state index in [1.807, 2.05) is 20.8 Å². The van der Waals surface area contributed by atoms with Crippen LogP contribution in [0.3, 0.4) is 0 Å². The molecule has 0 aromatic heterocycles. The lowest BCUT2D eigenvalue weighted by Crippen LogP contribution is -2.77. The Morgan fingerprint density at radius 2 is 1.65 bits per heavy atom. The minimum absolute atomic E-state index is 0.154. The molecule has 34 heavy (non-hydrogen) atoms. The molecule has 1 aliphatic heterocycles. The molecule has 8 atom stereocenters. The smallest absolute Gasteiger partial charge is 0.333 e. The molecule has 190 valence electrons. The van der Waals surface area contributed by atoms with Crippen molar-refractivity contribution < 1.29 is 43.5 Å².